The Labute approximate surface area is 115 Å². The van der Waals surface area contributed by atoms with E-state index >= 15 is 0 Å². The molecule has 0 aliphatic carbocycles. The van der Waals surface area contributed by atoms with Gasteiger partial charge in [-0.1, -0.05) is 24.3 Å². The number of nitrogen functional groups attached to an aromatic ring is 1. The Kier molecular flexibility index (Phi) is 4.30. The van der Waals surface area contributed by atoms with Crippen molar-refractivity contribution in [1.29, 1.82) is 0 Å². The number of carbonyl (C=O) groups excluding carboxylic acids is 1. The van der Waals surface area contributed by atoms with E-state index in [0.717, 1.165) is 11.6 Å². The molecule has 2 aromatic rings. The van der Waals surface area contributed by atoms with Crippen molar-refractivity contribution in [2.75, 3.05) is 5.73 Å². The average molecular weight is 276 g/mol. The molecule has 0 bridgehead atoms. The molecule has 104 valence electrons. The largest absolute Gasteiger partial charge is 0.399 e. The van der Waals surface area contributed by atoms with E-state index in [4.69, 9.17) is 5.73 Å². The highest BCUT2D eigenvalue weighted by molar-refractivity contribution is 5.78. The quantitative estimate of drug-likeness (QED) is 0.843. The third-order valence-corrected chi connectivity index (χ3v) is 2.82. The van der Waals surface area contributed by atoms with E-state index in [1.165, 1.54) is 12.1 Å². The van der Waals surface area contributed by atoms with Gasteiger partial charge in [0.1, 0.15) is 0 Å². The normalized spacial score (nSPS) is 10.3. The molecule has 0 atom stereocenters. The van der Waals surface area contributed by atoms with Crippen molar-refractivity contribution < 1.29 is 13.6 Å². The molecular weight excluding hydrogens is 262 g/mol. The Hall–Kier alpha value is -2.43. The zero-order valence-electron chi connectivity index (χ0n) is 10.7. The van der Waals surface area contributed by atoms with Gasteiger partial charge in [0.25, 0.3) is 0 Å². The Morgan fingerprint density at radius 1 is 1.15 bits per heavy atom. The first-order chi connectivity index (χ1) is 9.56. The van der Waals surface area contributed by atoms with E-state index in [9.17, 15) is 13.6 Å². The van der Waals surface area contributed by atoms with E-state index in [0.29, 0.717) is 12.2 Å². The highest BCUT2D eigenvalue weighted by atomic mass is 19.2. The molecule has 0 heterocycles. The highest BCUT2D eigenvalue weighted by Gasteiger charge is 2.11. The lowest BCUT2D eigenvalue weighted by Crippen LogP contribution is -2.25. The first kappa shape index (κ1) is 14.0. The Morgan fingerprint density at radius 3 is 2.65 bits per heavy atom. The monoisotopic (exact) mass is 276 g/mol. The summed E-state index contributed by atoms with van der Waals surface area (Å²) in [4.78, 5) is 11.7. The predicted molar refractivity (Wildman–Crippen MR) is 72.8 cm³/mol. The van der Waals surface area contributed by atoms with Crippen LogP contribution in [0.5, 0.6) is 0 Å². The lowest BCUT2D eigenvalue weighted by Gasteiger charge is -2.07. The van der Waals surface area contributed by atoms with Crippen molar-refractivity contribution in [3.63, 3.8) is 0 Å². The van der Waals surface area contributed by atoms with Gasteiger partial charge < -0.3 is 11.1 Å². The maximum absolute atomic E-state index is 13.4. The number of benzene rings is 2. The summed E-state index contributed by atoms with van der Waals surface area (Å²) in [6.07, 6.45) is -0.202. The van der Waals surface area contributed by atoms with Gasteiger partial charge in [-0.25, -0.2) is 8.78 Å². The Morgan fingerprint density at radius 2 is 1.90 bits per heavy atom. The van der Waals surface area contributed by atoms with Crippen molar-refractivity contribution in [2.45, 2.75) is 13.0 Å². The first-order valence-electron chi connectivity index (χ1n) is 6.10. The van der Waals surface area contributed by atoms with E-state index < -0.39 is 11.6 Å². The summed E-state index contributed by atoms with van der Waals surface area (Å²) in [5.74, 6) is -2.31. The van der Waals surface area contributed by atoms with Crippen LogP contribution < -0.4 is 11.1 Å². The second-order valence-corrected chi connectivity index (χ2v) is 4.41. The molecule has 0 unspecified atom stereocenters. The van der Waals surface area contributed by atoms with Gasteiger partial charge in [-0.3, -0.25) is 4.79 Å². The molecule has 0 radical (unpaired) electrons. The van der Waals surface area contributed by atoms with Crippen molar-refractivity contribution in [2.24, 2.45) is 0 Å². The number of anilines is 1. The molecule has 3 N–H and O–H groups in total. The highest BCUT2D eigenvalue weighted by Crippen LogP contribution is 2.12. The molecule has 0 saturated carbocycles. The molecular formula is C15H14F2N2O. The second kappa shape index (κ2) is 6.14. The third-order valence-electron chi connectivity index (χ3n) is 2.82. The van der Waals surface area contributed by atoms with Crippen LogP contribution in [-0.4, -0.2) is 5.91 Å². The fourth-order valence-corrected chi connectivity index (χ4v) is 1.82. The third kappa shape index (κ3) is 3.54. The van der Waals surface area contributed by atoms with Gasteiger partial charge in [0, 0.05) is 17.8 Å². The molecule has 0 aliphatic heterocycles. The maximum Gasteiger partial charge on any atom is 0.224 e. The summed E-state index contributed by atoms with van der Waals surface area (Å²) in [6.45, 7) is 0.292. The Bertz CT molecular complexity index is 629. The minimum absolute atomic E-state index is 0.0371. The fourth-order valence-electron chi connectivity index (χ4n) is 1.82. The van der Waals surface area contributed by atoms with Gasteiger partial charge in [0.2, 0.25) is 5.91 Å². The lowest BCUT2D eigenvalue weighted by atomic mass is 10.1. The van der Waals surface area contributed by atoms with E-state index in [1.54, 1.807) is 18.2 Å². The average Bonchev–Trinajstić information content (AvgIpc) is 2.42. The van der Waals surface area contributed by atoms with Gasteiger partial charge in [-0.2, -0.15) is 0 Å². The lowest BCUT2D eigenvalue weighted by molar-refractivity contribution is -0.120. The second-order valence-electron chi connectivity index (χ2n) is 4.41. The van der Waals surface area contributed by atoms with E-state index in [2.05, 4.69) is 5.32 Å². The fraction of sp³-hybridized carbons (Fsp3) is 0.133. The SMILES string of the molecule is Nc1cccc(CNC(=O)Cc2cccc(F)c2F)c1. The van der Waals surface area contributed by atoms with Crippen LogP contribution in [0, 0.1) is 11.6 Å². The summed E-state index contributed by atoms with van der Waals surface area (Å²) in [5.41, 5.74) is 7.11. The molecule has 20 heavy (non-hydrogen) atoms. The minimum Gasteiger partial charge on any atom is -0.399 e. The van der Waals surface area contributed by atoms with Crippen LogP contribution in [0.25, 0.3) is 0 Å². The van der Waals surface area contributed by atoms with Gasteiger partial charge in [0.05, 0.1) is 6.42 Å². The number of nitrogens with two attached hydrogens (primary N) is 1. The van der Waals surface area contributed by atoms with Crippen LogP contribution in [0.4, 0.5) is 14.5 Å². The molecule has 0 aromatic heterocycles. The van der Waals surface area contributed by atoms with Crippen molar-refractivity contribution in [3.8, 4) is 0 Å². The van der Waals surface area contributed by atoms with Crippen LogP contribution in [0.15, 0.2) is 42.5 Å². The van der Waals surface area contributed by atoms with Crippen molar-refractivity contribution >= 4 is 11.6 Å². The molecule has 2 aromatic carbocycles. The maximum atomic E-state index is 13.4. The smallest absolute Gasteiger partial charge is 0.224 e. The van der Waals surface area contributed by atoms with E-state index in [1.807, 2.05) is 6.07 Å². The summed E-state index contributed by atoms with van der Waals surface area (Å²) < 4.78 is 26.4. The first-order valence-corrected chi connectivity index (χ1v) is 6.10. The van der Waals surface area contributed by atoms with Gasteiger partial charge >= 0.3 is 0 Å². The van der Waals surface area contributed by atoms with Gasteiger partial charge in [-0.15, -0.1) is 0 Å². The van der Waals surface area contributed by atoms with Crippen LogP contribution in [-0.2, 0) is 17.8 Å². The van der Waals surface area contributed by atoms with Gasteiger partial charge in [-0.05, 0) is 23.8 Å². The summed E-state index contributed by atoms with van der Waals surface area (Å²) in [5, 5.41) is 2.64. The van der Waals surface area contributed by atoms with Crippen molar-refractivity contribution in [3.05, 3.63) is 65.2 Å². The molecule has 2 rings (SSSR count). The number of rotatable bonds is 4. The molecule has 0 saturated heterocycles. The number of hydrogen-bond donors (Lipinski definition) is 2. The zero-order valence-corrected chi connectivity index (χ0v) is 10.7. The molecule has 5 heteroatoms. The minimum atomic E-state index is -0.980. The summed E-state index contributed by atoms with van der Waals surface area (Å²) in [7, 11) is 0. The molecule has 0 fully saturated rings. The molecule has 3 nitrogen and oxygen atoms in total. The van der Waals surface area contributed by atoms with Crippen LogP contribution in [0.3, 0.4) is 0 Å². The van der Waals surface area contributed by atoms with Crippen LogP contribution in [0.2, 0.25) is 0 Å². The van der Waals surface area contributed by atoms with Crippen molar-refractivity contribution in [1.82, 2.24) is 5.32 Å². The van der Waals surface area contributed by atoms with Gasteiger partial charge in [0.15, 0.2) is 11.6 Å². The number of nitrogens with one attached hydrogen (secondary N) is 1. The van der Waals surface area contributed by atoms with Crippen LogP contribution in [0.1, 0.15) is 11.1 Å². The summed E-state index contributed by atoms with van der Waals surface area (Å²) >= 11 is 0. The van der Waals surface area contributed by atoms with Crippen LogP contribution >= 0.6 is 0 Å². The summed E-state index contributed by atoms with van der Waals surface area (Å²) in [6, 6.07) is 10.9. The zero-order chi connectivity index (χ0) is 14.5. The number of amides is 1. The molecule has 1 amide bonds. The standard InChI is InChI=1S/C15H14F2N2O/c16-13-6-2-4-11(15(13)17)8-14(20)19-9-10-3-1-5-12(18)7-10/h1-7H,8-9,18H2,(H,19,20). The molecule has 0 aliphatic rings. The van der Waals surface area contributed by atoms with E-state index in [-0.39, 0.29) is 17.9 Å². The predicted octanol–water partition coefficient (Wildman–Crippen LogP) is 2.41. The molecule has 0 spiro atoms. The number of hydrogen-bond acceptors (Lipinski definition) is 2. The topological polar surface area (TPSA) is 55.1 Å². The number of halogens is 2. The Balaban J connectivity index is 1.94. The number of carbonyl (C=O) groups is 1.